The van der Waals surface area contributed by atoms with Crippen molar-refractivity contribution >= 4 is 115 Å². The van der Waals surface area contributed by atoms with Crippen LogP contribution in [0, 0.1) is 47.3 Å². The minimum Gasteiger partial charge on any atom is -0.353 e. The molecule has 0 aliphatic carbocycles. The highest BCUT2D eigenvalue weighted by atomic mass is 16.2. The van der Waals surface area contributed by atoms with Gasteiger partial charge in [0.25, 0.3) is 47.3 Å². The number of aromatic nitrogens is 2. The van der Waals surface area contributed by atoms with E-state index in [2.05, 4.69) is 65.4 Å². The lowest BCUT2D eigenvalue weighted by atomic mass is 9.95. The number of benzene rings is 1. The molecule has 0 spiro atoms. The first-order valence-electron chi connectivity index (χ1n) is 44.3. The van der Waals surface area contributed by atoms with Crippen LogP contribution >= 0.6 is 0 Å². The van der Waals surface area contributed by atoms with E-state index in [-0.39, 0.29) is 143 Å². The smallest absolute Gasteiger partial charge is 0.333 e. The maximum atomic E-state index is 16.3. The van der Waals surface area contributed by atoms with Crippen molar-refractivity contribution in [3.8, 4) is 0 Å². The lowest BCUT2D eigenvalue weighted by Crippen LogP contribution is -2.59. The third-order valence-electron chi connectivity index (χ3n) is 25.1. The minimum atomic E-state index is -0.938. The fourth-order valence-electron chi connectivity index (χ4n) is 17.0. The number of unbranched alkanes of at least 4 members (excludes halogenated alkanes) is 8. The standard InChI is InChI=1S/C90H140N10O12/c1-17-33-41-59(25-9)51-93-79(101)71(80(102)94(87(93)109)52-60(26-10)42-34-18-2)75-67-49-69-70(50-68(67)76(91-75)72-81(103)95(53-61(27-11)43-35-19-3)88(110)96(82(72)104)54-62(28-12)44-36-20-4)78(74-85(107)99(57-65(31-15)47-39-23-7)90(112)100(86(74)108)58-66(32-16)48-40-24-8)92-77(69)73-83(105)97(55-63(29-13)45-37-21-5)89(111)98(84(73)106)56-64(30-14)46-38-22-6/h49-50,59-66,91-92H,17-48,51-58H2,1-16H3. The number of aromatic amines is 2. The second-order valence-corrected chi connectivity index (χ2v) is 33.0. The second-order valence-electron chi connectivity index (χ2n) is 33.0. The number of urea groups is 4. The van der Waals surface area contributed by atoms with Gasteiger partial charge in [0.05, 0.1) is 21.4 Å². The van der Waals surface area contributed by atoms with Crippen LogP contribution in [0.4, 0.5) is 19.2 Å². The Bertz CT molecular complexity index is 3420. The monoisotopic (exact) mass is 1550 g/mol. The van der Waals surface area contributed by atoms with Crippen LogP contribution in [-0.4, -0.2) is 173 Å². The molecule has 112 heavy (non-hydrogen) atoms. The molecule has 0 bridgehead atoms. The van der Waals surface area contributed by atoms with Gasteiger partial charge in [0, 0.05) is 73.9 Å². The van der Waals surface area contributed by atoms with Crippen LogP contribution in [0.5, 0.6) is 0 Å². The number of carbonyl (C=O) groups is 12. The number of amides is 16. The lowest BCUT2D eigenvalue weighted by molar-refractivity contribution is -0.135. The van der Waals surface area contributed by atoms with E-state index in [1.807, 2.05) is 55.4 Å². The number of H-pyrrole nitrogens is 2. The molecule has 8 atom stereocenters. The predicted molar refractivity (Wildman–Crippen MR) is 444 cm³/mol. The maximum Gasteiger partial charge on any atom is 0.333 e. The van der Waals surface area contributed by atoms with Gasteiger partial charge in [0.1, 0.15) is 22.3 Å². The van der Waals surface area contributed by atoms with E-state index in [4.69, 9.17) is 0 Å². The molecule has 22 heteroatoms. The van der Waals surface area contributed by atoms with E-state index < -0.39 is 93.7 Å². The van der Waals surface area contributed by atoms with Gasteiger partial charge in [-0.25, -0.2) is 19.2 Å². The molecule has 4 fully saturated rings. The molecular formula is C90H140N10O12. The zero-order valence-corrected chi connectivity index (χ0v) is 71.5. The topological polar surface area (TPSA) is 262 Å². The van der Waals surface area contributed by atoms with Gasteiger partial charge in [-0.1, -0.05) is 265 Å². The molecule has 2 N–H and O–H groups in total. The molecule has 6 heterocycles. The number of hydrogen-bond donors (Lipinski definition) is 2. The van der Waals surface area contributed by atoms with Crippen molar-refractivity contribution < 1.29 is 57.5 Å². The summed E-state index contributed by atoms with van der Waals surface area (Å²) < 4.78 is 0. The highest BCUT2D eigenvalue weighted by Gasteiger charge is 2.50. The summed E-state index contributed by atoms with van der Waals surface area (Å²) in [7, 11) is 0. The fraction of sp³-hybridized carbons (Fsp3) is 0.711. The van der Waals surface area contributed by atoms with E-state index >= 15 is 57.5 Å². The molecule has 22 nitrogen and oxygen atoms in total. The first-order chi connectivity index (χ1) is 53.9. The molecule has 8 unspecified atom stereocenters. The summed E-state index contributed by atoms with van der Waals surface area (Å²) in [5.74, 6) is -8.92. The van der Waals surface area contributed by atoms with E-state index in [0.29, 0.717) is 103 Å². The molecule has 4 saturated heterocycles. The van der Waals surface area contributed by atoms with Crippen LogP contribution < -0.4 is 21.4 Å². The molecule has 1 aromatic carbocycles. The fourth-order valence-corrected chi connectivity index (χ4v) is 17.0. The van der Waals surface area contributed by atoms with Gasteiger partial charge >= 0.3 is 24.1 Å². The van der Waals surface area contributed by atoms with E-state index in [1.165, 1.54) is 12.1 Å². The van der Waals surface area contributed by atoms with Gasteiger partial charge in [-0.05, 0) is 111 Å². The van der Waals surface area contributed by atoms with Crippen molar-refractivity contribution in [1.29, 1.82) is 0 Å². The molecule has 0 saturated carbocycles. The Kier molecular flexibility index (Phi) is 36.1. The Labute approximate surface area is 668 Å². The molecule has 7 rings (SSSR count). The lowest BCUT2D eigenvalue weighted by Gasteiger charge is -2.37. The zero-order valence-electron chi connectivity index (χ0n) is 71.5. The number of nitrogens with zero attached hydrogens (tertiary/aromatic N) is 8. The Morgan fingerprint density at radius 2 is 0.339 bits per heavy atom. The highest BCUT2D eigenvalue weighted by molar-refractivity contribution is 6.49. The van der Waals surface area contributed by atoms with Crippen molar-refractivity contribution in [2.45, 2.75) is 316 Å². The van der Waals surface area contributed by atoms with Crippen molar-refractivity contribution in [2.75, 3.05) is 52.4 Å². The summed E-state index contributed by atoms with van der Waals surface area (Å²) >= 11 is 0. The van der Waals surface area contributed by atoms with Crippen molar-refractivity contribution in [2.24, 2.45) is 47.3 Å². The first kappa shape index (κ1) is 91.4. The third kappa shape index (κ3) is 20.8. The summed E-state index contributed by atoms with van der Waals surface area (Å²) in [6.07, 6.45) is 23.4. The number of hydrogen-bond acceptors (Lipinski definition) is 12. The molecule has 4 aliphatic rings. The highest BCUT2D eigenvalue weighted by Crippen LogP contribution is 2.33. The van der Waals surface area contributed by atoms with Gasteiger partial charge in [0.15, 0.2) is 0 Å². The molecule has 16 amide bonds. The third-order valence-corrected chi connectivity index (χ3v) is 25.1. The number of fused-ring (bicyclic) bond motifs is 2. The quantitative estimate of drug-likeness (QED) is 0.0535. The normalized spacial score (nSPS) is 18.1. The van der Waals surface area contributed by atoms with E-state index in [1.54, 1.807) is 0 Å². The molecule has 3 aromatic rings. The molecule has 2 aromatic heterocycles. The van der Waals surface area contributed by atoms with Crippen LogP contribution in [0.1, 0.15) is 316 Å². The number of rotatable bonds is 48. The second kappa shape index (κ2) is 44.2. The zero-order chi connectivity index (χ0) is 82.2. The summed E-state index contributed by atoms with van der Waals surface area (Å²) in [6, 6.07) is -0.0399. The summed E-state index contributed by atoms with van der Waals surface area (Å²) in [6.45, 7) is 32.2. The minimum absolute atomic E-state index is 0.00799. The van der Waals surface area contributed by atoms with Crippen LogP contribution in [0.2, 0.25) is 0 Å². The van der Waals surface area contributed by atoms with Crippen LogP contribution in [-0.2, 0) is 38.4 Å². The predicted octanol–water partition coefficient (Wildman–Crippen LogP) is 16.1. The number of nitrogens with one attached hydrogen (secondary N) is 2. The van der Waals surface area contributed by atoms with E-state index in [0.717, 1.165) is 142 Å². The van der Waals surface area contributed by atoms with Gasteiger partial charge < -0.3 is 9.97 Å². The Hall–Kier alpha value is -7.78. The van der Waals surface area contributed by atoms with E-state index in [9.17, 15) is 0 Å². The van der Waals surface area contributed by atoms with Crippen molar-refractivity contribution in [3.63, 3.8) is 0 Å². The Balaban J connectivity index is 1.87. The van der Waals surface area contributed by atoms with Crippen molar-refractivity contribution in [3.05, 3.63) is 33.5 Å². The number of imide groups is 8. The SMILES string of the molecule is CCCCC(CC)CN1C(=O)C(=c2[nH]c(=C3C(=O)N(CC(CC)CCCC)C(=O)N(CC(CC)CCCC)C3=O)c3cc4c(=C5C(=O)N(CC(CC)CCCC)C(=O)N(CC(CC)CCCC)C5=O)[nH]c(=C5C(=O)N(CC(CC)CCCC)C(=O)N(CC(CC)CCCC)C5=O)c4cc23)C(=O)N(CC(CC)CCCC)C1=O. The molecule has 0 radical (unpaired) electrons. The average Bonchev–Trinajstić information content (AvgIpc) is 1.55. The van der Waals surface area contributed by atoms with Crippen LogP contribution in [0.25, 0.3) is 43.8 Å². The van der Waals surface area contributed by atoms with Gasteiger partial charge in [0.2, 0.25) is 0 Å². The Morgan fingerprint density at radius 3 is 0.446 bits per heavy atom. The van der Waals surface area contributed by atoms with Gasteiger partial charge in [-0.2, -0.15) is 0 Å². The first-order valence-corrected chi connectivity index (χ1v) is 44.3. The van der Waals surface area contributed by atoms with Gasteiger partial charge in [-0.15, -0.1) is 0 Å². The van der Waals surface area contributed by atoms with Gasteiger partial charge in [-0.3, -0.25) is 77.6 Å². The van der Waals surface area contributed by atoms with Crippen LogP contribution in [0.15, 0.2) is 12.1 Å². The summed E-state index contributed by atoms with van der Waals surface area (Å²) in [5.41, 5.74) is -1.96. The van der Waals surface area contributed by atoms with Crippen molar-refractivity contribution in [1.82, 2.24) is 49.2 Å². The summed E-state index contributed by atoms with van der Waals surface area (Å²) in [5, 5.41) is -0.812. The Morgan fingerprint density at radius 1 is 0.214 bits per heavy atom. The molecule has 622 valence electrons. The average molecular weight is 1550 g/mol. The number of carbonyl (C=O) groups excluding carboxylic acids is 12. The maximum absolute atomic E-state index is 16.3. The number of barbiturate groups is 4. The summed E-state index contributed by atoms with van der Waals surface area (Å²) in [4.78, 5) is 208. The van der Waals surface area contributed by atoms with Crippen LogP contribution in [0.3, 0.4) is 0 Å². The largest absolute Gasteiger partial charge is 0.353 e. The molecular weight excluding hydrogens is 1410 g/mol. The molecule has 4 aliphatic heterocycles.